The number of nitrogens with one attached hydrogen (secondary N) is 2. The van der Waals surface area contributed by atoms with Crippen molar-refractivity contribution in [3.63, 3.8) is 0 Å². The van der Waals surface area contributed by atoms with Crippen LogP contribution in [0.3, 0.4) is 0 Å². The van der Waals surface area contributed by atoms with Crippen molar-refractivity contribution in [1.82, 2.24) is 10.6 Å². The van der Waals surface area contributed by atoms with Gasteiger partial charge in [0.05, 0.1) is 13.2 Å². The van der Waals surface area contributed by atoms with E-state index in [0.29, 0.717) is 0 Å². The van der Waals surface area contributed by atoms with Crippen molar-refractivity contribution in [2.45, 2.75) is 12.2 Å². The van der Waals surface area contributed by atoms with Crippen LogP contribution >= 0.6 is 0 Å². The molecule has 16 heavy (non-hydrogen) atoms. The van der Waals surface area contributed by atoms with E-state index in [9.17, 15) is 19.8 Å². The van der Waals surface area contributed by atoms with Gasteiger partial charge in [0.15, 0.2) is 12.2 Å². The fourth-order valence-corrected chi connectivity index (χ4v) is 0.854. The number of carbonyl (C=O) groups is 2. The largest absolute Gasteiger partial charge is 0.395 e. The molecular weight excluding hydrogens is 220 g/mol. The predicted molar refractivity (Wildman–Crippen MR) is 52.2 cm³/mol. The van der Waals surface area contributed by atoms with E-state index in [-0.39, 0.29) is 26.3 Å². The highest BCUT2D eigenvalue weighted by Crippen LogP contribution is 1.94. The summed E-state index contributed by atoms with van der Waals surface area (Å²) in [6, 6.07) is 0. The van der Waals surface area contributed by atoms with Gasteiger partial charge in [-0.25, -0.2) is 0 Å². The second-order valence-electron chi connectivity index (χ2n) is 2.92. The highest BCUT2D eigenvalue weighted by Gasteiger charge is 2.29. The number of aliphatic hydroxyl groups excluding tert-OH is 4. The van der Waals surface area contributed by atoms with E-state index in [0.717, 1.165) is 0 Å². The molecule has 0 fully saturated rings. The van der Waals surface area contributed by atoms with E-state index in [2.05, 4.69) is 10.6 Å². The molecule has 2 amide bonds. The Hall–Kier alpha value is -1.22. The summed E-state index contributed by atoms with van der Waals surface area (Å²) in [7, 11) is 0. The lowest BCUT2D eigenvalue weighted by Crippen LogP contribution is -2.50. The molecule has 2 atom stereocenters. The summed E-state index contributed by atoms with van der Waals surface area (Å²) in [4.78, 5) is 22.1. The van der Waals surface area contributed by atoms with Crippen molar-refractivity contribution in [3.8, 4) is 0 Å². The Labute approximate surface area is 91.9 Å². The zero-order valence-corrected chi connectivity index (χ0v) is 8.59. The Morgan fingerprint density at radius 3 is 1.44 bits per heavy atom. The van der Waals surface area contributed by atoms with Gasteiger partial charge in [-0.05, 0) is 0 Å². The minimum Gasteiger partial charge on any atom is -0.395 e. The summed E-state index contributed by atoms with van der Waals surface area (Å²) in [6.07, 6.45) is -3.82. The van der Waals surface area contributed by atoms with Crippen LogP contribution in [0.4, 0.5) is 0 Å². The number of carbonyl (C=O) groups excluding carboxylic acids is 2. The van der Waals surface area contributed by atoms with Crippen LogP contribution in [0.15, 0.2) is 0 Å². The molecule has 0 saturated heterocycles. The molecule has 0 aliphatic heterocycles. The maximum Gasteiger partial charge on any atom is 0.252 e. The van der Waals surface area contributed by atoms with Gasteiger partial charge in [-0.3, -0.25) is 9.59 Å². The highest BCUT2D eigenvalue weighted by atomic mass is 16.3. The first kappa shape index (κ1) is 14.8. The molecule has 0 bridgehead atoms. The van der Waals surface area contributed by atoms with Crippen molar-refractivity contribution < 1.29 is 30.0 Å². The number of hydrogen-bond acceptors (Lipinski definition) is 6. The molecule has 0 aromatic rings. The number of rotatable bonds is 7. The Morgan fingerprint density at radius 1 is 0.875 bits per heavy atom. The van der Waals surface area contributed by atoms with Gasteiger partial charge >= 0.3 is 0 Å². The van der Waals surface area contributed by atoms with E-state index in [1.54, 1.807) is 0 Å². The summed E-state index contributed by atoms with van der Waals surface area (Å²) >= 11 is 0. The second kappa shape index (κ2) is 7.99. The number of aliphatic hydroxyl groups is 4. The van der Waals surface area contributed by atoms with Crippen molar-refractivity contribution in [2.24, 2.45) is 0 Å². The van der Waals surface area contributed by atoms with E-state index in [4.69, 9.17) is 10.2 Å². The lowest BCUT2D eigenvalue weighted by atomic mass is 10.2. The number of hydrogen-bond donors (Lipinski definition) is 6. The quantitative estimate of drug-likeness (QED) is 0.266. The van der Waals surface area contributed by atoms with Gasteiger partial charge in [0.1, 0.15) is 0 Å². The third-order valence-electron chi connectivity index (χ3n) is 1.66. The molecule has 8 heteroatoms. The average Bonchev–Trinajstić information content (AvgIpc) is 2.30. The van der Waals surface area contributed by atoms with E-state index in [1.165, 1.54) is 0 Å². The monoisotopic (exact) mass is 236 g/mol. The molecule has 0 radical (unpaired) electrons. The summed E-state index contributed by atoms with van der Waals surface area (Å²) in [5.74, 6) is -1.92. The van der Waals surface area contributed by atoms with Crippen LogP contribution in [0.25, 0.3) is 0 Å². The van der Waals surface area contributed by atoms with Crippen molar-refractivity contribution >= 4 is 11.8 Å². The molecule has 0 aliphatic rings. The normalized spacial score (nSPS) is 14.0. The first-order valence-corrected chi connectivity index (χ1v) is 4.67. The molecule has 0 aliphatic carbocycles. The van der Waals surface area contributed by atoms with Crippen molar-refractivity contribution in [1.29, 1.82) is 0 Å². The Kier molecular flexibility index (Phi) is 7.38. The second-order valence-corrected chi connectivity index (χ2v) is 2.92. The fraction of sp³-hybridized carbons (Fsp3) is 0.750. The molecule has 0 aromatic carbocycles. The first-order valence-electron chi connectivity index (χ1n) is 4.67. The SMILES string of the molecule is O=C(NCCO)[C@@H](O)[C@@H](O)C(=O)NCCO. The Balaban J connectivity index is 4.09. The molecule has 0 saturated carbocycles. The lowest BCUT2D eigenvalue weighted by molar-refractivity contribution is -0.146. The smallest absolute Gasteiger partial charge is 0.252 e. The minimum atomic E-state index is -1.91. The van der Waals surface area contributed by atoms with E-state index < -0.39 is 24.0 Å². The molecule has 8 nitrogen and oxygen atoms in total. The molecule has 0 rings (SSSR count). The van der Waals surface area contributed by atoms with E-state index in [1.807, 2.05) is 0 Å². The van der Waals surface area contributed by atoms with Crippen molar-refractivity contribution in [2.75, 3.05) is 26.3 Å². The topological polar surface area (TPSA) is 139 Å². The van der Waals surface area contributed by atoms with Crippen LogP contribution in [0.1, 0.15) is 0 Å². The maximum atomic E-state index is 11.1. The van der Waals surface area contributed by atoms with Crippen LogP contribution in [-0.2, 0) is 9.59 Å². The zero-order valence-electron chi connectivity index (χ0n) is 8.59. The zero-order chi connectivity index (χ0) is 12.6. The van der Waals surface area contributed by atoms with Gasteiger partial charge in [-0.15, -0.1) is 0 Å². The third kappa shape index (κ3) is 5.03. The fourth-order valence-electron chi connectivity index (χ4n) is 0.854. The van der Waals surface area contributed by atoms with E-state index >= 15 is 0 Å². The molecule has 6 N–H and O–H groups in total. The van der Waals surface area contributed by atoms with Gasteiger partial charge in [-0.1, -0.05) is 0 Å². The maximum absolute atomic E-state index is 11.1. The van der Waals surface area contributed by atoms with Gasteiger partial charge in [0.2, 0.25) is 0 Å². The standard InChI is InChI=1S/C8H16N2O6/c11-3-1-9-7(15)5(13)6(14)8(16)10-2-4-12/h5-6,11-14H,1-4H2,(H,9,15)(H,10,16)/t5-,6+. The predicted octanol–water partition coefficient (Wildman–Crippen LogP) is -4.07. The van der Waals surface area contributed by atoms with Gasteiger partial charge in [0, 0.05) is 13.1 Å². The highest BCUT2D eigenvalue weighted by molar-refractivity contribution is 5.90. The third-order valence-corrected chi connectivity index (χ3v) is 1.66. The van der Waals surface area contributed by atoms with Gasteiger partial charge < -0.3 is 31.1 Å². The summed E-state index contributed by atoms with van der Waals surface area (Å²) < 4.78 is 0. The van der Waals surface area contributed by atoms with Crippen LogP contribution in [-0.4, -0.2) is 70.8 Å². The molecule has 94 valence electrons. The van der Waals surface area contributed by atoms with Crippen LogP contribution in [0, 0.1) is 0 Å². The van der Waals surface area contributed by atoms with Gasteiger partial charge in [0.25, 0.3) is 11.8 Å². The summed E-state index contributed by atoms with van der Waals surface area (Å²) in [5, 5.41) is 39.4. The lowest BCUT2D eigenvalue weighted by Gasteiger charge is -2.16. The molecule has 0 aromatic heterocycles. The summed E-state index contributed by atoms with van der Waals surface area (Å²) in [5.41, 5.74) is 0. The Morgan fingerprint density at radius 2 is 1.19 bits per heavy atom. The minimum absolute atomic E-state index is 0.0825. The van der Waals surface area contributed by atoms with Crippen LogP contribution in [0.2, 0.25) is 0 Å². The number of amides is 2. The van der Waals surface area contributed by atoms with Crippen molar-refractivity contribution in [3.05, 3.63) is 0 Å². The first-order chi connectivity index (χ1) is 7.54. The van der Waals surface area contributed by atoms with Crippen LogP contribution in [0.5, 0.6) is 0 Å². The summed E-state index contributed by atoms with van der Waals surface area (Å²) in [6.45, 7) is -0.793. The molecule has 0 unspecified atom stereocenters. The van der Waals surface area contributed by atoms with Gasteiger partial charge in [-0.2, -0.15) is 0 Å². The Bertz CT molecular complexity index is 211. The van der Waals surface area contributed by atoms with Crippen LogP contribution < -0.4 is 10.6 Å². The average molecular weight is 236 g/mol. The molecular formula is C8H16N2O6. The molecule has 0 spiro atoms. The molecule has 0 heterocycles.